The number of phosphoric acid groups is 1. The normalized spacial score (nSPS) is 14.0. The average molecular weight is 1280 g/mol. The Morgan fingerprint density at radius 3 is 1.09 bits per heavy atom. The lowest BCUT2D eigenvalue weighted by molar-refractivity contribution is -0.870. The Bertz CT molecular complexity index is 1860. The van der Waals surface area contributed by atoms with Crippen molar-refractivity contribution in [1.29, 1.82) is 0 Å². The van der Waals surface area contributed by atoms with Gasteiger partial charge in [0.25, 0.3) is 7.82 Å². The molecule has 3 unspecified atom stereocenters. The second-order valence-electron chi connectivity index (χ2n) is 26.8. The molecule has 10 heteroatoms. The van der Waals surface area contributed by atoms with Crippen LogP contribution in [0.3, 0.4) is 0 Å². The highest BCUT2D eigenvalue weighted by atomic mass is 31.2. The van der Waals surface area contributed by atoms with Crippen LogP contribution < -0.4 is 10.2 Å². The average Bonchev–Trinajstić information content (AvgIpc) is 3.12. The number of unbranched alkanes of at least 4 members (excludes halogenated alkanes) is 39. The number of ether oxygens (including phenoxy) is 1. The summed E-state index contributed by atoms with van der Waals surface area (Å²) in [5.74, 6) is -0.536. The maximum Gasteiger partial charge on any atom is 0.306 e. The first-order valence-electron chi connectivity index (χ1n) is 38.0. The lowest BCUT2D eigenvalue weighted by Gasteiger charge is -2.30. The van der Waals surface area contributed by atoms with Gasteiger partial charge in [-0.05, 0) is 109 Å². The van der Waals surface area contributed by atoms with Gasteiger partial charge in [0.05, 0.1) is 33.8 Å². The molecule has 0 heterocycles. The molecular formula is C80H145N2O7P. The smallest absolute Gasteiger partial charge is 0.306 e. The van der Waals surface area contributed by atoms with Crippen LogP contribution in [0.1, 0.15) is 348 Å². The zero-order valence-electron chi connectivity index (χ0n) is 59.8. The fourth-order valence-electron chi connectivity index (χ4n) is 10.9. The minimum Gasteiger partial charge on any atom is -0.756 e. The third-order valence-corrected chi connectivity index (χ3v) is 17.7. The van der Waals surface area contributed by atoms with Crippen molar-refractivity contribution in [2.24, 2.45) is 0 Å². The molecule has 0 aromatic rings. The summed E-state index contributed by atoms with van der Waals surface area (Å²) in [4.78, 5) is 40.3. The van der Waals surface area contributed by atoms with E-state index in [-0.39, 0.29) is 24.9 Å². The number of nitrogens with one attached hydrogen (secondary N) is 1. The number of phosphoric ester groups is 1. The van der Waals surface area contributed by atoms with Crippen LogP contribution in [0.15, 0.2) is 97.2 Å². The van der Waals surface area contributed by atoms with Gasteiger partial charge in [0.1, 0.15) is 19.3 Å². The van der Waals surface area contributed by atoms with Crippen molar-refractivity contribution in [3.63, 3.8) is 0 Å². The van der Waals surface area contributed by atoms with E-state index < -0.39 is 26.6 Å². The summed E-state index contributed by atoms with van der Waals surface area (Å²) in [6.45, 7) is 6.74. The number of esters is 1. The molecule has 0 aliphatic heterocycles. The van der Waals surface area contributed by atoms with Crippen molar-refractivity contribution in [3.05, 3.63) is 97.2 Å². The summed E-state index contributed by atoms with van der Waals surface area (Å²) in [6, 6.07) is -0.895. The SMILES string of the molecule is CC/C=C\C/C=C\C/C=C\C/C=C\C/C=C\CCCCCCCCCCCCCC(=O)OC(/C=C/CCCCCCCCCCCC)C(COP(=O)([O-])OCC[N+](C)(C)C)NC(=O)CCCCCCCCCCCCCCCCC/C=C\C/C=C\CCCCC. The maximum absolute atomic E-state index is 13.6. The number of quaternary nitrogens is 1. The summed E-state index contributed by atoms with van der Waals surface area (Å²) in [6.07, 6.45) is 94.0. The highest BCUT2D eigenvalue weighted by Gasteiger charge is 2.27. The number of nitrogens with zero attached hydrogens (tertiary/aromatic N) is 1. The van der Waals surface area contributed by atoms with E-state index in [1.165, 1.54) is 218 Å². The molecule has 3 atom stereocenters. The molecule has 0 spiro atoms. The van der Waals surface area contributed by atoms with E-state index in [0.717, 1.165) is 96.3 Å². The molecule has 0 aromatic carbocycles. The number of carbonyl (C=O) groups excluding carboxylic acids is 2. The van der Waals surface area contributed by atoms with Crippen molar-refractivity contribution >= 4 is 19.7 Å². The minimum absolute atomic E-state index is 0.0249. The van der Waals surface area contributed by atoms with Crippen LogP contribution in [0.5, 0.6) is 0 Å². The van der Waals surface area contributed by atoms with Gasteiger partial charge in [-0.15, -0.1) is 0 Å². The van der Waals surface area contributed by atoms with E-state index in [1.54, 1.807) is 0 Å². The van der Waals surface area contributed by atoms with Crippen molar-refractivity contribution in [1.82, 2.24) is 5.32 Å². The van der Waals surface area contributed by atoms with Crippen molar-refractivity contribution in [2.75, 3.05) is 40.9 Å². The van der Waals surface area contributed by atoms with Gasteiger partial charge in [-0.25, -0.2) is 0 Å². The fourth-order valence-corrected chi connectivity index (χ4v) is 11.7. The zero-order chi connectivity index (χ0) is 65.6. The predicted octanol–water partition coefficient (Wildman–Crippen LogP) is 24.0. The van der Waals surface area contributed by atoms with Crippen molar-refractivity contribution < 1.29 is 37.3 Å². The van der Waals surface area contributed by atoms with E-state index in [1.807, 2.05) is 33.3 Å². The first kappa shape index (κ1) is 86.9. The van der Waals surface area contributed by atoms with Gasteiger partial charge in [-0.2, -0.15) is 0 Å². The summed E-state index contributed by atoms with van der Waals surface area (Å²) in [5.41, 5.74) is 0. The minimum atomic E-state index is -4.71. The molecule has 1 N–H and O–H groups in total. The lowest BCUT2D eigenvalue weighted by atomic mass is 10.0. The molecule has 0 saturated heterocycles. The van der Waals surface area contributed by atoms with Crippen molar-refractivity contribution in [2.45, 2.75) is 360 Å². The first-order valence-corrected chi connectivity index (χ1v) is 39.5. The van der Waals surface area contributed by atoms with Crippen LogP contribution in [0.2, 0.25) is 0 Å². The topological polar surface area (TPSA) is 114 Å². The Balaban J connectivity index is 4.98. The van der Waals surface area contributed by atoms with Crippen molar-refractivity contribution in [3.8, 4) is 0 Å². The van der Waals surface area contributed by atoms with E-state index in [9.17, 15) is 19.0 Å². The monoisotopic (exact) mass is 1280 g/mol. The third-order valence-electron chi connectivity index (χ3n) is 16.7. The number of hydrogen-bond donors (Lipinski definition) is 1. The first-order chi connectivity index (χ1) is 43.9. The molecule has 0 aliphatic rings. The van der Waals surface area contributed by atoms with Crippen LogP contribution >= 0.6 is 7.82 Å². The summed E-state index contributed by atoms with van der Waals surface area (Å²) >= 11 is 0. The van der Waals surface area contributed by atoms with E-state index in [4.69, 9.17) is 13.8 Å². The summed E-state index contributed by atoms with van der Waals surface area (Å²) < 4.78 is 30.5. The molecule has 0 fully saturated rings. The molecular weight excluding hydrogens is 1130 g/mol. The second kappa shape index (κ2) is 68.8. The molecule has 0 aromatic heterocycles. The fraction of sp³-hybridized carbons (Fsp3) is 0.775. The molecule has 0 radical (unpaired) electrons. The largest absolute Gasteiger partial charge is 0.756 e. The molecule has 0 aliphatic carbocycles. The number of hydrogen-bond acceptors (Lipinski definition) is 7. The van der Waals surface area contributed by atoms with Crippen LogP contribution in [0.4, 0.5) is 0 Å². The summed E-state index contributed by atoms with van der Waals surface area (Å²) in [7, 11) is 1.19. The van der Waals surface area contributed by atoms with Gasteiger partial charge in [0, 0.05) is 12.8 Å². The lowest BCUT2D eigenvalue weighted by Crippen LogP contribution is -2.47. The van der Waals surface area contributed by atoms with E-state index in [0.29, 0.717) is 17.4 Å². The molecule has 0 bridgehead atoms. The predicted molar refractivity (Wildman–Crippen MR) is 390 cm³/mol. The Morgan fingerprint density at radius 2 is 0.711 bits per heavy atom. The van der Waals surface area contributed by atoms with Crippen LogP contribution in [-0.2, 0) is 27.9 Å². The number of likely N-dealkylation sites (N-methyl/N-ethyl adjacent to an activating group) is 1. The van der Waals surface area contributed by atoms with Gasteiger partial charge in [-0.3, -0.25) is 14.2 Å². The van der Waals surface area contributed by atoms with E-state index in [2.05, 4.69) is 111 Å². The molecule has 1 amide bonds. The zero-order valence-corrected chi connectivity index (χ0v) is 60.7. The molecule has 522 valence electrons. The van der Waals surface area contributed by atoms with Gasteiger partial charge in [0.15, 0.2) is 0 Å². The molecule has 9 nitrogen and oxygen atoms in total. The van der Waals surface area contributed by atoms with Gasteiger partial charge in [-0.1, -0.05) is 324 Å². The highest BCUT2D eigenvalue weighted by molar-refractivity contribution is 7.45. The Hall–Kier alpha value is -3.07. The number of amides is 1. The molecule has 90 heavy (non-hydrogen) atoms. The maximum atomic E-state index is 13.6. The molecule has 0 rings (SSSR count). The number of carbonyl (C=O) groups is 2. The van der Waals surface area contributed by atoms with E-state index >= 15 is 0 Å². The summed E-state index contributed by atoms with van der Waals surface area (Å²) in [5, 5.41) is 3.05. The number of rotatable bonds is 69. The van der Waals surface area contributed by atoms with Crippen LogP contribution in [0.25, 0.3) is 0 Å². The Kier molecular flexibility index (Phi) is 66.4. The Morgan fingerprint density at radius 1 is 0.400 bits per heavy atom. The van der Waals surface area contributed by atoms with Crippen LogP contribution in [-0.4, -0.2) is 69.4 Å². The highest BCUT2D eigenvalue weighted by Crippen LogP contribution is 2.38. The van der Waals surface area contributed by atoms with Gasteiger partial charge in [0.2, 0.25) is 5.91 Å². The standard InChI is InChI=1S/C80H145N2O7P/c1-7-10-13-16-19-22-25-28-30-32-34-36-38-40-41-43-45-47-49-51-53-55-58-61-64-67-70-73-80(84)89-78(71-68-65-62-59-56-27-24-21-18-15-12-9-3)77(76-88-90(85,86)87-75-74-82(4,5)6)81-79(83)72-69-66-63-60-57-54-52-50-48-46-44-42-39-37-35-33-31-29-26-23-20-17-14-11-8-2/h10,13,19-20,22-23,28-31,34,36,40-41,68,71,77-78H,7-9,11-12,14-18,21,24-27,32-33,35,37-39,42-67,69-70,72-76H2,1-6H3,(H-,81,83,85,86)/b13-10-,22-19-,23-20-,30-28-,31-29-,36-34-,41-40-,71-68+. The Labute approximate surface area is 558 Å². The van der Waals surface area contributed by atoms with Gasteiger partial charge >= 0.3 is 5.97 Å². The third kappa shape index (κ3) is 69.3. The quantitative estimate of drug-likeness (QED) is 0.0212. The van der Waals surface area contributed by atoms with Gasteiger partial charge < -0.3 is 28.5 Å². The molecule has 0 saturated carbocycles. The van der Waals surface area contributed by atoms with Crippen LogP contribution in [0, 0.1) is 0 Å². The number of allylic oxidation sites excluding steroid dienone is 15. The second-order valence-corrected chi connectivity index (χ2v) is 28.2.